The van der Waals surface area contributed by atoms with Crippen molar-refractivity contribution in [2.24, 2.45) is 0 Å². The number of hydrogen-bond acceptors (Lipinski definition) is 3. The summed E-state index contributed by atoms with van der Waals surface area (Å²) in [4.78, 5) is 0. The van der Waals surface area contributed by atoms with Crippen LogP contribution in [-0.2, 0) is 6.42 Å². The molecule has 0 spiro atoms. The maximum atomic E-state index is 5.90. The van der Waals surface area contributed by atoms with Gasteiger partial charge in [0.25, 0.3) is 0 Å². The quantitative estimate of drug-likeness (QED) is 0.779. The molecule has 102 valence electrons. The Bertz CT molecular complexity index is 519. The zero-order valence-electron chi connectivity index (χ0n) is 11.2. The first-order chi connectivity index (χ1) is 9.22. The summed E-state index contributed by atoms with van der Waals surface area (Å²) in [6.07, 6.45) is 5.71. The van der Waals surface area contributed by atoms with Crippen LogP contribution in [-0.4, -0.2) is 5.16 Å². The summed E-state index contributed by atoms with van der Waals surface area (Å²) in [6.45, 7) is 2.20. The first-order valence-electron chi connectivity index (χ1n) is 6.72. The molecule has 0 atom stereocenters. The van der Waals surface area contributed by atoms with Gasteiger partial charge in [-0.3, -0.25) is 0 Å². The van der Waals surface area contributed by atoms with Crippen molar-refractivity contribution >= 4 is 17.5 Å². The number of hydrogen-bond donors (Lipinski definition) is 1. The highest BCUT2D eigenvalue weighted by Crippen LogP contribution is 2.31. The first kappa shape index (κ1) is 13.9. The van der Waals surface area contributed by atoms with Crippen LogP contribution in [0.2, 0.25) is 5.02 Å². The molecular formula is C15H19ClN2O. The Labute approximate surface area is 118 Å². The lowest BCUT2D eigenvalue weighted by Crippen LogP contribution is -1.92. The maximum Gasteiger partial charge on any atom is 0.230 e. The van der Waals surface area contributed by atoms with Gasteiger partial charge in [-0.1, -0.05) is 55.1 Å². The maximum absolute atomic E-state index is 5.90. The van der Waals surface area contributed by atoms with E-state index in [4.69, 9.17) is 21.9 Å². The van der Waals surface area contributed by atoms with E-state index in [9.17, 15) is 0 Å². The molecular weight excluding hydrogens is 260 g/mol. The Morgan fingerprint density at radius 1 is 1.16 bits per heavy atom. The van der Waals surface area contributed by atoms with E-state index in [-0.39, 0.29) is 0 Å². The Morgan fingerprint density at radius 2 is 1.89 bits per heavy atom. The molecule has 0 bridgehead atoms. The fourth-order valence-electron chi connectivity index (χ4n) is 2.15. The van der Waals surface area contributed by atoms with Crippen LogP contribution in [0.25, 0.3) is 11.1 Å². The summed E-state index contributed by atoms with van der Waals surface area (Å²) < 4.78 is 5.13. The SMILES string of the molecule is CCCCCCc1noc(N)c1-c1ccc(Cl)cc1. The van der Waals surface area contributed by atoms with E-state index in [1.165, 1.54) is 19.3 Å². The zero-order chi connectivity index (χ0) is 13.7. The van der Waals surface area contributed by atoms with E-state index in [1.807, 2.05) is 24.3 Å². The number of aromatic nitrogens is 1. The molecule has 1 aromatic heterocycles. The summed E-state index contributed by atoms with van der Waals surface area (Å²) in [5.74, 6) is 0.382. The Kier molecular flexibility index (Phi) is 4.86. The van der Waals surface area contributed by atoms with Crippen LogP contribution in [0.4, 0.5) is 5.88 Å². The minimum atomic E-state index is 0.382. The summed E-state index contributed by atoms with van der Waals surface area (Å²) in [7, 11) is 0. The van der Waals surface area contributed by atoms with Crippen molar-refractivity contribution in [2.45, 2.75) is 39.0 Å². The number of rotatable bonds is 6. The molecule has 2 rings (SSSR count). The highest BCUT2D eigenvalue weighted by Gasteiger charge is 2.15. The summed E-state index contributed by atoms with van der Waals surface area (Å²) >= 11 is 5.90. The van der Waals surface area contributed by atoms with Gasteiger partial charge in [0.15, 0.2) is 0 Å². The Balaban J connectivity index is 2.15. The minimum Gasteiger partial charge on any atom is -0.367 e. The van der Waals surface area contributed by atoms with E-state index in [0.717, 1.165) is 29.7 Å². The molecule has 0 fully saturated rings. The number of halogens is 1. The van der Waals surface area contributed by atoms with E-state index < -0.39 is 0 Å². The summed E-state index contributed by atoms with van der Waals surface area (Å²) in [5.41, 5.74) is 8.74. The molecule has 4 heteroatoms. The lowest BCUT2D eigenvalue weighted by atomic mass is 10.0. The molecule has 0 amide bonds. The minimum absolute atomic E-state index is 0.382. The normalized spacial score (nSPS) is 10.8. The number of benzene rings is 1. The summed E-state index contributed by atoms with van der Waals surface area (Å²) in [6, 6.07) is 7.59. The molecule has 1 heterocycles. The van der Waals surface area contributed by atoms with Gasteiger partial charge < -0.3 is 10.3 Å². The molecule has 19 heavy (non-hydrogen) atoms. The van der Waals surface area contributed by atoms with Gasteiger partial charge in [0.2, 0.25) is 5.88 Å². The van der Waals surface area contributed by atoms with Crippen molar-refractivity contribution in [2.75, 3.05) is 5.73 Å². The fourth-order valence-corrected chi connectivity index (χ4v) is 2.28. The number of nitrogens with zero attached hydrogens (tertiary/aromatic N) is 1. The van der Waals surface area contributed by atoms with Crippen LogP contribution in [0.5, 0.6) is 0 Å². The second kappa shape index (κ2) is 6.62. The van der Waals surface area contributed by atoms with Crippen molar-refractivity contribution in [1.29, 1.82) is 0 Å². The smallest absolute Gasteiger partial charge is 0.230 e. The molecule has 2 N–H and O–H groups in total. The largest absolute Gasteiger partial charge is 0.367 e. The first-order valence-corrected chi connectivity index (χ1v) is 7.10. The van der Waals surface area contributed by atoms with Gasteiger partial charge in [-0.2, -0.15) is 0 Å². The molecule has 0 saturated heterocycles. The molecule has 3 nitrogen and oxygen atoms in total. The van der Waals surface area contributed by atoms with Crippen LogP contribution in [0.3, 0.4) is 0 Å². The van der Waals surface area contributed by atoms with E-state index in [2.05, 4.69) is 12.1 Å². The van der Waals surface area contributed by atoms with Gasteiger partial charge >= 0.3 is 0 Å². The van der Waals surface area contributed by atoms with Gasteiger partial charge in [0.05, 0.1) is 11.3 Å². The third kappa shape index (κ3) is 3.51. The monoisotopic (exact) mass is 278 g/mol. The van der Waals surface area contributed by atoms with E-state index >= 15 is 0 Å². The van der Waals surface area contributed by atoms with Gasteiger partial charge in [0.1, 0.15) is 0 Å². The number of nitrogen functional groups attached to an aromatic ring is 1. The molecule has 0 unspecified atom stereocenters. The van der Waals surface area contributed by atoms with Crippen LogP contribution in [0, 0.1) is 0 Å². The second-order valence-electron chi connectivity index (χ2n) is 4.69. The van der Waals surface area contributed by atoms with Crippen molar-refractivity contribution in [3.8, 4) is 11.1 Å². The van der Waals surface area contributed by atoms with E-state index in [0.29, 0.717) is 10.9 Å². The van der Waals surface area contributed by atoms with Crippen LogP contribution >= 0.6 is 11.6 Å². The number of unbranched alkanes of at least 4 members (excludes halogenated alkanes) is 3. The molecule has 2 aromatic rings. The molecule has 0 aliphatic carbocycles. The number of aryl methyl sites for hydroxylation is 1. The highest BCUT2D eigenvalue weighted by molar-refractivity contribution is 6.30. The average Bonchev–Trinajstić information content (AvgIpc) is 2.77. The third-order valence-corrected chi connectivity index (χ3v) is 3.44. The average molecular weight is 279 g/mol. The van der Waals surface area contributed by atoms with Crippen LogP contribution in [0.15, 0.2) is 28.8 Å². The topological polar surface area (TPSA) is 52.0 Å². The molecule has 1 aromatic carbocycles. The van der Waals surface area contributed by atoms with Crippen molar-refractivity contribution in [3.05, 3.63) is 35.0 Å². The van der Waals surface area contributed by atoms with Crippen LogP contribution < -0.4 is 5.73 Å². The molecule has 0 radical (unpaired) electrons. The van der Waals surface area contributed by atoms with E-state index in [1.54, 1.807) is 0 Å². The fraction of sp³-hybridized carbons (Fsp3) is 0.400. The lowest BCUT2D eigenvalue weighted by molar-refractivity contribution is 0.426. The zero-order valence-corrected chi connectivity index (χ0v) is 11.9. The van der Waals surface area contributed by atoms with Crippen molar-refractivity contribution in [1.82, 2.24) is 5.16 Å². The molecule has 0 saturated carbocycles. The highest BCUT2D eigenvalue weighted by atomic mass is 35.5. The second-order valence-corrected chi connectivity index (χ2v) is 5.12. The van der Waals surface area contributed by atoms with Gasteiger partial charge in [-0.25, -0.2) is 0 Å². The number of anilines is 1. The van der Waals surface area contributed by atoms with Crippen molar-refractivity contribution < 1.29 is 4.52 Å². The Morgan fingerprint density at radius 3 is 2.58 bits per heavy atom. The van der Waals surface area contributed by atoms with Gasteiger partial charge in [0, 0.05) is 5.02 Å². The predicted octanol–water partition coefficient (Wildman–Crippen LogP) is 4.70. The third-order valence-electron chi connectivity index (χ3n) is 3.19. The number of nitrogens with two attached hydrogens (primary N) is 1. The van der Waals surface area contributed by atoms with Gasteiger partial charge in [-0.05, 0) is 30.5 Å². The molecule has 0 aliphatic heterocycles. The lowest BCUT2D eigenvalue weighted by Gasteiger charge is -2.03. The van der Waals surface area contributed by atoms with Crippen molar-refractivity contribution in [3.63, 3.8) is 0 Å². The van der Waals surface area contributed by atoms with Crippen LogP contribution in [0.1, 0.15) is 38.3 Å². The van der Waals surface area contributed by atoms with Gasteiger partial charge in [-0.15, -0.1) is 0 Å². The predicted molar refractivity (Wildman–Crippen MR) is 79.2 cm³/mol. The standard InChI is InChI=1S/C15H19ClN2O/c1-2-3-4-5-6-13-14(15(17)19-18-13)11-7-9-12(16)10-8-11/h7-10H,2-6,17H2,1H3. The summed E-state index contributed by atoms with van der Waals surface area (Å²) in [5, 5.41) is 4.79. The molecule has 0 aliphatic rings. The Hall–Kier alpha value is -1.48.